The van der Waals surface area contributed by atoms with E-state index >= 15 is 0 Å². The molecular weight excluding hydrogens is 191 g/mol. The molecule has 1 saturated carbocycles. The Kier molecular flexibility index (Phi) is 3.45. The van der Waals surface area contributed by atoms with Crippen LogP contribution in [0.1, 0.15) is 39.0 Å². The van der Waals surface area contributed by atoms with E-state index in [0.717, 1.165) is 26.2 Å². The second kappa shape index (κ2) is 4.09. The Morgan fingerprint density at radius 2 is 1.64 bits per heavy atom. The number of rotatable bonds is 3. The standard InChI is InChI=1S/C10H18F3N/c1-9(11,10(12,13)7-14)8-5-3-2-4-6-8/h8H,2-7,14H2,1H3. The molecule has 0 aliphatic heterocycles. The number of halogens is 3. The van der Waals surface area contributed by atoms with Gasteiger partial charge in [0.25, 0.3) is 5.92 Å². The summed E-state index contributed by atoms with van der Waals surface area (Å²) in [6.07, 6.45) is 3.85. The van der Waals surface area contributed by atoms with Crippen molar-refractivity contribution in [1.29, 1.82) is 0 Å². The van der Waals surface area contributed by atoms with Crippen LogP contribution < -0.4 is 5.73 Å². The molecule has 0 saturated heterocycles. The van der Waals surface area contributed by atoms with E-state index in [1.165, 1.54) is 0 Å². The second-order valence-corrected chi connectivity index (χ2v) is 4.32. The molecular formula is C10H18F3N. The van der Waals surface area contributed by atoms with Gasteiger partial charge in [-0.15, -0.1) is 0 Å². The van der Waals surface area contributed by atoms with Gasteiger partial charge in [0.05, 0.1) is 6.54 Å². The second-order valence-electron chi connectivity index (χ2n) is 4.32. The Morgan fingerprint density at radius 3 is 2.07 bits per heavy atom. The Bertz CT molecular complexity index is 186. The van der Waals surface area contributed by atoms with Crippen LogP contribution in [0.3, 0.4) is 0 Å². The highest BCUT2D eigenvalue weighted by atomic mass is 19.3. The minimum atomic E-state index is -3.39. The lowest BCUT2D eigenvalue weighted by Gasteiger charge is -2.38. The SMILES string of the molecule is CC(F)(C1CCCCC1)C(F)(F)CN. The molecule has 1 fully saturated rings. The third-order valence-corrected chi connectivity index (χ3v) is 3.34. The smallest absolute Gasteiger partial charge is 0.293 e. The van der Waals surface area contributed by atoms with Crippen LogP contribution >= 0.6 is 0 Å². The van der Waals surface area contributed by atoms with Gasteiger partial charge >= 0.3 is 0 Å². The summed E-state index contributed by atoms with van der Waals surface area (Å²) < 4.78 is 40.4. The van der Waals surface area contributed by atoms with Gasteiger partial charge in [-0.1, -0.05) is 19.3 Å². The van der Waals surface area contributed by atoms with Gasteiger partial charge in [0.1, 0.15) is 0 Å². The molecule has 0 aromatic rings. The molecule has 1 rings (SSSR count). The first kappa shape index (κ1) is 11.8. The molecule has 0 heterocycles. The molecule has 0 amide bonds. The minimum Gasteiger partial charge on any atom is -0.325 e. The maximum atomic E-state index is 13.9. The van der Waals surface area contributed by atoms with Gasteiger partial charge in [-0.2, -0.15) is 0 Å². The van der Waals surface area contributed by atoms with Crippen molar-refractivity contribution in [2.45, 2.75) is 50.6 Å². The fourth-order valence-corrected chi connectivity index (χ4v) is 2.14. The third kappa shape index (κ3) is 2.05. The normalized spacial score (nSPS) is 24.6. The predicted molar refractivity (Wildman–Crippen MR) is 50.1 cm³/mol. The molecule has 0 aromatic carbocycles. The average Bonchev–Trinajstić information content (AvgIpc) is 2.19. The summed E-state index contributed by atoms with van der Waals surface area (Å²) in [5.74, 6) is -3.93. The molecule has 1 aliphatic rings. The summed E-state index contributed by atoms with van der Waals surface area (Å²) in [7, 11) is 0. The van der Waals surface area contributed by atoms with Crippen molar-refractivity contribution in [3.05, 3.63) is 0 Å². The monoisotopic (exact) mass is 209 g/mol. The number of hydrogen-bond donors (Lipinski definition) is 1. The van der Waals surface area contributed by atoms with Gasteiger partial charge in [-0.3, -0.25) is 0 Å². The van der Waals surface area contributed by atoms with Crippen LogP contribution in [-0.2, 0) is 0 Å². The van der Waals surface area contributed by atoms with Gasteiger partial charge in [0.15, 0.2) is 5.67 Å². The maximum absolute atomic E-state index is 13.9. The zero-order chi connectivity index (χ0) is 10.8. The number of nitrogens with two attached hydrogens (primary N) is 1. The summed E-state index contributed by atoms with van der Waals surface area (Å²) in [5, 5.41) is 0. The largest absolute Gasteiger partial charge is 0.325 e. The average molecular weight is 209 g/mol. The van der Waals surface area contributed by atoms with Crippen molar-refractivity contribution in [3.63, 3.8) is 0 Å². The number of alkyl halides is 3. The van der Waals surface area contributed by atoms with Crippen molar-refractivity contribution in [1.82, 2.24) is 0 Å². The predicted octanol–water partition coefficient (Wildman–Crippen LogP) is 2.89. The summed E-state index contributed by atoms with van der Waals surface area (Å²) in [4.78, 5) is 0. The minimum absolute atomic E-state index is 0.533. The van der Waals surface area contributed by atoms with Gasteiger partial charge < -0.3 is 5.73 Å². The van der Waals surface area contributed by atoms with E-state index in [-0.39, 0.29) is 0 Å². The lowest BCUT2D eigenvalue weighted by molar-refractivity contribution is -0.153. The molecule has 0 bridgehead atoms. The van der Waals surface area contributed by atoms with Gasteiger partial charge in [0, 0.05) is 0 Å². The lowest BCUT2D eigenvalue weighted by Crippen LogP contribution is -2.52. The van der Waals surface area contributed by atoms with E-state index in [2.05, 4.69) is 0 Å². The van der Waals surface area contributed by atoms with Crippen molar-refractivity contribution in [2.75, 3.05) is 6.54 Å². The Labute approximate surface area is 82.9 Å². The summed E-state index contributed by atoms with van der Waals surface area (Å²) in [5.41, 5.74) is 2.47. The molecule has 0 radical (unpaired) electrons. The Balaban J connectivity index is 2.71. The highest BCUT2D eigenvalue weighted by Gasteiger charge is 2.54. The van der Waals surface area contributed by atoms with E-state index in [4.69, 9.17) is 5.73 Å². The first-order valence-electron chi connectivity index (χ1n) is 5.18. The zero-order valence-electron chi connectivity index (χ0n) is 8.53. The highest BCUT2D eigenvalue weighted by molar-refractivity contribution is 4.96. The van der Waals surface area contributed by atoms with Gasteiger partial charge in [-0.25, -0.2) is 13.2 Å². The van der Waals surface area contributed by atoms with E-state index in [9.17, 15) is 13.2 Å². The Hall–Kier alpha value is -0.250. The maximum Gasteiger partial charge on any atom is 0.293 e. The zero-order valence-corrected chi connectivity index (χ0v) is 8.53. The van der Waals surface area contributed by atoms with E-state index in [1.54, 1.807) is 0 Å². The summed E-state index contributed by atoms with van der Waals surface area (Å²) in [6.45, 7) is 0.0896. The van der Waals surface area contributed by atoms with E-state index in [1.807, 2.05) is 0 Å². The van der Waals surface area contributed by atoms with Crippen LogP contribution in [0.2, 0.25) is 0 Å². The van der Waals surface area contributed by atoms with Crippen molar-refractivity contribution in [3.8, 4) is 0 Å². The van der Waals surface area contributed by atoms with E-state index in [0.29, 0.717) is 12.8 Å². The quantitative estimate of drug-likeness (QED) is 0.760. The first-order valence-corrected chi connectivity index (χ1v) is 5.18. The van der Waals surface area contributed by atoms with Gasteiger partial charge in [0.2, 0.25) is 0 Å². The molecule has 84 valence electrons. The van der Waals surface area contributed by atoms with E-state index < -0.39 is 24.1 Å². The molecule has 2 N–H and O–H groups in total. The van der Waals surface area contributed by atoms with Crippen LogP contribution in [0, 0.1) is 5.92 Å². The van der Waals surface area contributed by atoms with Crippen LogP contribution in [0.4, 0.5) is 13.2 Å². The van der Waals surface area contributed by atoms with Crippen LogP contribution in [0.25, 0.3) is 0 Å². The molecule has 1 atom stereocenters. The molecule has 4 heteroatoms. The fourth-order valence-electron chi connectivity index (χ4n) is 2.14. The molecule has 1 nitrogen and oxygen atoms in total. The Morgan fingerprint density at radius 1 is 1.14 bits per heavy atom. The van der Waals surface area contributed by atoms with Crippen molar-refractivity contribution in [2.24, 2.45) is 11.7 Å². The molecule has 1 unspecified atom stereocenters. The molecule has 0 aromatic heterocycles. The highest BCUT2D eigenvalue weighted by Crippen LogP contribution is 2.43. The van der Waals surface area contributed by atoms with Crippen molar-refractivity contribution >= 4 is 0 Å². The van der Waals surface area contributed by atoms with Crippen LogP contribution in [-0.4, -0.2) is 18.1 Å². The van der Waals surface area contributed by atoms with Gasteiger partial charge in [-0.05, 0) is 25.7 Å². The molecule has 1 aliphatic carbocycles. The molecule has 0 spiro atoms. The fraction of sp³-hybridized carbons (Fsp3) is 1.00. The summed E-state index contributed by atoms with van der Waals surface area (Å²) in [6, 6.07) is 0. The van der Waals surface area contributed by atoms with Crippen LogP contribution in [0.5, 0.6) is 0 Å². The topological polar surface area (TPSA) is 26.0 Å². The summed E-state index contributed by atoms with van der Waals surface area (Å²) >= 11 is 0. The first-order chi connectivity index (χ1) is 6.42. The van der Waals surface area contributed by atoms with Crippen molar-refractivity contribution < 1.29 is 13.2 Å². The number of hydrogen-bond acceptors (Lipinski definition) is 1. The lowest BCUT2D eigenvalue weighted by atomic mass is 9.76. The van der Waals surface area contributed by atoms with Crippen LogP contribution in [0.15, 0.2) is 0 Å². The third-order valence-electron chi connectivity index (χ3n) is 3.34. The molecule has 14 heavy (non-hydrogen) atoms.